The van der Waals surface area contributed by atoms with E-state index in [1.54, 1.807) is 0 Å². The molecular formula is C17H12F4N6O3. The third kappa shape index (κ3) is 2.89. The van der Waals surface area contributed by atoms with Crippen LogP contribution in [0, 0.1) is 5.82 Å². The molecule has 0 spiro atoms. The van der Waals surface area contributed by atoms with E-state index in [1.807, 2.05) is 0 Å². The maximum atomic E-state index is 14.7. The Balaban J connectivity index is 1.98. The lowest BCUT2D eigenvalue weighted by Crippen LogP contribution is -2.39. The van der Waals surface area contributed by atoms with Crippen LogP contribution >= 0.6 is 0 Å². The second-order valence-corrected chi connectivity index (χ2v) is 6.33. The molecule has 1 amide bonds. The van der Waals surface area contributed by atoms with E-state index < -0.39 is 45.9 Å². The standard InChI is InChI=1S/C17H12F4N6O3/c1-3-4-26-10-6-9(8(18)5-11(10)30-7-12(26)28)27-16(29)13-14(17(19,20)21)23-25(2)15(13)22-24-27/h3,5-6H,1,4,7H2,2H3. The first-order valence-electron chi connectivity index (χ1n) is 8.41. The smallest absolute Gasteiger partial charge is 0.436 e. The number of hydrogen-bond donors (Lipinski definition) is 0. The molecule has 13 heteroatoms. The van der Waals surface area contributed by atoms with Crippen LogP contribution in [0.15, 0.2) is 29.6 Å². The van der Waals surface area contributed by atoms with Crippen molar-refractivity contribution >= 4 is 22.6 Å². The van der Waals surface area contributed by atoms with E-state index in [1.165, 1.54) is 18.0 Å². The summed E-state index contributed by atoms with van der Waals surface area (Å²) in [7, 11) is 1.17. The van der Waals surface area contributed by atoms with Crippen LogP contribution in [0.2, 0.25) is 0 Å². The number of aromatic nitrogens is 5. The van der Waals surface area contributed by atoms with Gasteiger partial charge in [-0.25, -0.2) is 9.07 Å². The molecule has 0 radical (unpaired) electrons. The number of alkyl halides is 3. The average molecular weight is 424 g/mol. The van der Waals surface area contributed by atoms with E-state index in [9.17, 15) is 27.2 Å². The second kappa shape index (κ2) is 6.64. The molecule has 0 fully saturated rings. The molecule has 3 aromatic rings. The quantitative estimate of drug-likeness (QED) is 0.468. The van der Waals surface area contributed by atoms with Gasteiger partial charge in [0.05, 0.1) is 5.69 Å². The average Bonchev–Trinajstić information content (AvgIpc) is 3.03. The zero-order valence-electron chi connectivity index (χ0n) is 15.3. The van der Waals surface area contributed by atoms with E-state index in [0.717, 1.165) is 16.8 Å². The predicted octanol–water partition coefficient (Wildman–Crippen LogP) is 1.58. The fraction of sp³-hybridized carbons (Fsp3) is 0.235. The molecule has 0 unspecified atom stereocenters. The largest absolute Gasteiger partial charge is 0.481 e. The molecule has 1 aliphatic rings. The fourth-order valence-electron chi connectivity index (χ4n) is 3.12. The van der Waals surface area contributed by atoms with Gasteiger partial charge < -0.3 is 9.64 Å². The summed E-state index contributed by atoms with van der Waals surface area (Å²) in [5.74, 6) is -1.42. The summed E-state index contributed by atoms with van der Waals surface area (Å²) in [6, 6.07) is 2.00. The first kappa shape index (κ1) is 19.5. The van der Waals surface area contributed by atoms with Crippen LogP contribution in [0.25, 0.3) is 16.7 Å². The molecule has 3 heterocycles. The highest BCUT2D eigenvalue weighted by molar-refractivity contribution is 5.98. The van der Waals surface area contributed by atoms with E-state index in [0.29, 0.717) is 4.68 Å². The number of hydrogen-bond acceptors (Lipinski definition) is 6. The number of halogens is 4. The summed E-state index contributed by atoms with van der Waals surface area (Å²) >= 11 is 0. The van der Waals surface area contributed by atoms with E-state index in [4.69, 9.17) is 4.74 Å². The van der Waals surface area contributed by atoms with E-state index in [2.05, 4.69) is 22.0 Å². The van der Waals surface area contributed by atoms with Crippen molar-refractivity contribution in [2.75, 3.05) is 18.1 Å². The Morgan fingerprint density at radius 3 is 2.67 bits per heavy atom. The van der Waals surface area contributed by atoms with Crippen molar-refractivity contribution in [1.29, 1.82) is 0 Å². The second-order valence-electron chi connectivity index (χ2n) is 6.33. The van der Waals surface area contributed by atoms with Crippen molar-refractivity contribution in [3.8, 4) is 11.4 Å². The van der Waals surface area contributed by atoms with Gasteiger partial charge in [-0.05, 0) is 6.07 Å². The van der Waals surface area contributed by atoms with Crippen molar-refractivity contribution in [2.24, 2.45) is 7.05 Å². The molecule has 1 aromatic carbocycles. The Morgan fingerprint density at radius 2 is 2.00 bits per heavy atom. The van der Waals surface area contributed by atoms with Gasteiger partial charge in [-0.3, -0.25) is 9.59 Å². The number of carbonyl (C=O) groups excluding carboxylic acids is 1. The highest BCUT2D eigenvalue weighted by atomic mass is 19.4. The SMILES string of the molecule is C=CCN1C(=O)COc2cc(F)c(-n3nnc4c(c(C(F)(F)F)nn4C)c3=O)cc21. The summed E-state index contributed by atoms with van der Waals surface area (Å²) in [4.78, 5) is 26.2. The number of rotatable bonds is 3. The lowest BCUT2D eigenvalue weighted by molar-refractivity contribution is -0.140. The number of benzene rings is 1. The van der Waals surface area contributed by atoms with Gasteiger partial charge in [0.15, 0.2) is 23.8 Å². The Morgan fingerprint density at radius 1 is 1.27 bits per heavy atom. The molecule has 0 aliphatic carbocycles. The molecule has 0 saturated heterocycles. The van der Waals surface area contributed by atoms with Crippen molar-refractivity contribution in [2.45, 2.75) is 6.18 Å². The first-order chi connectivity index (χ1) is 14.1. The fourth-order valence-corrected chi connectivity index (χ4v) is 3.12. The number of fused-ring (bicyclic) bond motifs is 2. The van der Waals surface area contributed by atoms with Gasteiger partial charge in [0.2, 0.25) is 0 Å². The Bertz CT molecular complexity index is 1260. The van der Waals surface area contributed by atoms with Crippen LogP contribution in [-0.2, 0) is 18.0 Å². The van der Waals surface area contributed by atoms with Crippen molar-refractivity contribution in [1.82, 2.24) is 24.8 Å². The maximum absolute atomic E-state index is 14.7. The number of carbonyl (C=O) groups is 1. The van der Waals surface area contributed by atoms with Gasteiger partial charge in [-0.1, -0.05) is 11.3 Å². The summed E-state index contributed by atoms with van der Waals surface area (Å²) in [6.45, 7) is 3.29. The van der Waals surface area contributed by atoms with Crippen LogP contribution in [0.1, 0.15) is 5.69 Å². The van der Waals surface area contributed by atoms with Gasteiger partial charge in [0.1, 0.15) is 16.8 Å². The van der Waals surface area contributed by atoms with Gasteiger partial charge in [-0.15, -0.1) is 11.7 Å². The van der Waals surface area contributed by atoms with E-state index in [-0.39, 0.29) is 24.6 Å². The number of nitrogens with zero attached hydrogens (tertiary/aromatic N) is 6. The first-order valence-corrected chi connectivity index (χ1v) is 8.41. The zero-order chi connectivity index (χ0) is 21.8. The molecule has 4 rings (SSSR count). The highest BCUT2D eigenvalue weighted by Gasteiger charge is 2.39. The maximum Gasteiger partial charge on any atom is 0.436 e. The predicted molar refractivity (Wildman–Crippen MR) is 94.9 cm³/mol. The monoisotopic (exact) mass is 424 g/mol. The third-order valence-electron chi connectivity index (χ3n) is 4.43. The zero-order valence-corrected chi connectivity index (χ0v) is 15.3. The molecule has 2 aromatic heterocycles. The summed E-state index contributed by atoms with van der Waals surface area (Å²) in [5, 5.41) is 9.59. The number of anilines is 1. The Labute approximate surface area is 164 Å². The molecule has 0 atom stereocenters. The summed E-state index contributed by atoms with van der Waals surface area (Å²) in [5.41, 5.74) is -3.53. The molecule has 156 valence electrons. The number of amides is 1. The van der Waals surface area contributed by atoms with Crippen LogP contribution in [0.3, 0.4) is 0 Å². The Hall–Kier alpha value is -3.77. The molecule has 30 heavy (non-hydrogen) atoms. The van der Waals surface area contributed by atoms with Crippen LogP contribution in [0.4, 0.5) is 23.2 Å². The highest BCUT2D eigenvalue weighted by Crippen LogP contribution is 2.36. The van der Waals surface area contributed by atoms with Crippen LogP contribution in [-0.4, -0.2) is 43.8 Å². The van der Waals surface area contributed by atoms with Gasteiger partial charge in [0.25, 0.3) is 11.5 Å². The molecular weight excluding hydrogens is 412 g/mol. The van der Waals surface area contributed by atoms with Gasteiger partial charge in [0, 0.05) is 19.7 Å². The minimum absolute atomic E-state index is 0.0251. The Kier molecular flexibility index (Phi) is 4.33. The number of aryl methyl sites for hydroxylation is 1. The van der Waals surface area contributed by atoms with Crippen molar-refractivity contribution in [3.63, 3.8) is 0 Å². The lowest BCUT2D eigenvalue weighted by Gasteiger charge is -2.29. The van der Waals surface area contributed by atoms with Crippen molar-refractivity contribution < 1.29 is 27.1 Å². The molecule has 0 N–H and O–H groups in total. The molecule has 0 saturated carbocycles. The summed E-state index contributed by atoms with van der Waals surface area (Å²) in [6.07, 6.45) is -3.51. The number of ether oxygens (including phenoxy) is 1. The van der Waals surface area contributed by atoms with E-state index >= 15 is 0 Å². The molecule has 9 nitrogen and oxygen atoms in total. The van der Waals surface area contributed by atoms with Crippen molar-refractivity contribution in [3.05, 3.63) is 46.7 Å². The topological polar surface area (TPSA) is 95.1 Å². The minimum Gasteiger partial charge on any atom is -0.481 e. The minimum atomic E-state index is -4.94. The normalized spacial score (nSPS) is 14.0. The van der Waals surface area contributed by atoms with Crippen LogP contribution in [0.5, 0.6) is 5.75 Å². The molecule has 1 aliphatic heterocycles. The molecule has 0 bridgehead atoms. The van der Waals surface area contributed by atoms with Gasteiger partial charge in [-0.2, -0.15) is 23.0 Å². The van der Waals surface area contributed by atoms with Gasteiger partial charge >= 0.3 is 6.18 Å². The third-order valence-corrected chi connectivity index (χ3v) is 4.43. The van der Waals surface area contributed by atoms with Crippen LogP contribution < -0.4 is 15.2 Å². The summed E-state index contributed by atoms with van der Waals surface area (Å²) < 4.78 is 61.0. The lowest BCUT2D eigenvalue weighted by atomic mass is 10.2.